The Bertz CT molecular complexity index is 772. The largest absolute Gasteiger partial charge is 0.508 e. The van der Waals surface area contributed by atoms with Gasteiger partial charge in [0.2, 0.25) is 0 Å². The molecule has 0 aliphatic heterocycles. The van der Waals surface area contributed by atoms with E-state index in [4.69, 9.17) is 0 Å². The van der Waals surface area contributed by atoms with E-state index in [0.29, 0.717) is 24.5 Å². The normalized spacial score (nSPS) is 34.2. The van der Waals surface area contributed by atoms with Gasteiger partial charge in [0.1, 0.15) is 11.4 Å². The van der Waals surface area contributed by atoms with E-state index in [1.807, 2.05) is 42.5 Å². The lowest BCUT2D eigenvalue weighted by atomic mass is 9.52. The number of hydrogen-bond acceptors (Lipinski definition) is 3. The Morgan fingerprint density at radius 2 is 1.84 bits per heavy atom. The van der Waals surface area contributed by atoms with Gasteiger partial charge in [-0.2, -0.15) is 0 Å². The Balaban J connectivity index is 1.77. The fourth-order valence-corrected chi connectivity index (χ4v) is 5.36. The predicted molar refractivity (Wildman–Crippen MR) is 97.5 cm³/mol. The van der Waals surface area contributed by atoms with Gasteiger partial charge in [-0.1, -0.05) is 43.3 Å². The zero-order valence-corrected chi connectivity index (χ0v) is 14.7. The lowest BCUT2D eigenvalue weighted by Gasteiger charge is -2.55. The number of aryl methyl sites for hydroxylation is 1. The van der Waals surface area contributed by atoms with Crippen LogP contribution in [0.2, 0.25) is 0 Å². The molecule has 0 saturated heterocycles. The maximum absolute atomic E-state index is 11.4. The van der Waals surface area contributed by atoms with Gasteiger partial charge in [-0.25, -0.2) is 0 Å². The van der Waals surface area contributed by atoms with E-state index < -0.39 is 11.7 Å². The summed E-state index contributed by atoms with van der Waals surface area (Å²) in [4.78, 5) is 0. The first-order valence-corrected chi connectivity index (χ1v) is 9.28. The van der Waals surface area contributed by atoms with Gasteiger partial charge in [0, 0.05) is 5.41 Å². The summed E-state index contributed by atoms with van der Waals surface area (Å²) in [7, 11) is 0. The average Bonchev–Trinajstić information content (AvgIpc) is 2.63. The molecule has 0 heterocycles. The molecule has 0 radical (unpaired) electrons. The van der Waals surface area contributed by atoms with Gasteiger partial charge < -0.3 is 15.3 Å². The van der Waals surface area contributed by atoms with Crippen molar-refractivity contribution in [2.45, 2.75) is 56.1 Å². The average molecular weight is 338 g/mol. The highest BCUT2D eigenvalue weighted by Gasteiger charge is 2.55. The number of aliphatic hydroxyl groups excluding tert-OH is 1. The SMILES string of the molecule is CCC12CC(O)C(O)(c3ccccc3)C[C@H]1CCc1cc(O)ccc12. The Hall–Kier alpha value is -1.84. The van der Waals surface area contributed by atoms with Crippen molar-refractivity contribution in [3.05, 3.63) is 65.2 Å². The molecule has 4 atom stereocenters. The maximum Gasteiger partial charge on any atom is 0.116 e. The van der Waals surface area contributed by atoms with Gasteiger partial charge >= 0.3 is 0 Å². The molecular weight excluding hydrogens is 312 g/mol. The molecule has 2 aliphatic carbocycles. The smallest absolute Gasteiger partial charge is 0.116 e. The first-order chi connectivity index (χ1) is 12.0. The topological polar surface area (TPSA) is 60.7 Å². The fraction of sp³-hybridized carbons (Fsp3) is 0.455. The van der Waals surface area contributed by atoms with E-state index in [1.54, 1.807) is 6.07 Å². The maximum atomic E-state index is 11.4. The number of rotatable bonds is 2. The molecule has 3 N–H and O–H groups in total. The molecule has 3 heteroatoms. The Morgan fingerprint density at radius 1 is 1.08 bits per heavy atom. The van der Waals surface area contributed by atoms with E-state index >= 15 is 0 Å². The third kappa shape index (κ3) is 2.41. The van der Waals surface area contributed by atoms with E-state index in [-0.39, 0.29) is 5.41 Å². The van der Waals surface area contributed by atoms with Crippen molar-refractivity contribution in [3.8, 4) is 5.75 Å². The molecule has 1 fully saturated rings. The molecule has 4 rings (SSSR count). The van der Waals surface area contributed by atoms with Crippen LogP contribution in [0.25, 0.3) is 0 Å². The highest BCUT2D eigenvalue weighted by molar-refractivity contribution is 5.44. The number of fused-ring (bicyclic) bond motifs is 3. The van der Waals surface area contributed by atoms with Gasteiger partial charge in [-0.3, -0.25) is 0 Å². The molecule has 0 aromatic heterocycles. The molecule has 2 aromatic carbocycles. The molecule has 0 amide bonds. The second-order valence-electron chi connectivity index (χ2n) is 7.80. The van der Waals surface area contributed by atoms with Crippen LogP contribution in [0.4, 0.5) is 0 Å². The van der Waals surface area contributed by atoms with Gasteiger partial charge in [0.05, 0.1) is 6.10 Å². The summed E-state index contributed by atoms with van der Waals surface area (Å²) in [5.74, 6) is 0.628. The van der Waals surface area contributed by atoms with Crippen molar-refractivity contribution in [2.24, 2.45) is 5.92 Å². The fourth-order valence-electron chi connectivity index (χ4n) is 5.36. The minimum atomic E-state index is -1.18. The van der Waals surface area contributed by atoms with Crippen LogP contribution < -0.4 is 0 Å². The van der Waals surface area contributed by atoms with Crippen LogP contribution in [-0.4, -0.2) is 21.4 Å². The first kappa shape index (κ1) is 16.6. The number of phenols is 1. The second-order valence-corrected chi connectivity index (χ2v) is 7.80. The van der Waals surface area contributed by atoms with Gasteiger partial charge in [0.25, 0.3) is 0 Å². The van der Waals surface area contributed by atoms with Crippen molar-refractivity contribution in [2.75, 3.05) is 0 Å². The molecule has 132 valence electrons. The zero-order chi connectivity index (χ0) is 17.7. The molecule has 3 nitrogen and oxygen atoms in total. The van der Waals surface area contributed by atoms with Crippen LogP contribution in [-0.2, 0) is 17.4 Å². The minimum absolute atomic E-state index is 0.123. The number of aromatic hydroxyl groups is 1. The van der Waals surface area contributed by atoms with E-state index in [0.717, 1.165) is 24.8 Å². The molecular formula is C22H26O3. The molecule has 2 aliphatic rings. The second kappa shape index (κ2) is 5.86. The zero-order valence-electron chi connectivity index (χ0n) is 14.7. The predicted octanol–water partition coefficient (Wildman–Crippen LogP) is 3.64. The van der Waals surface area contributed by atoms with Crippen LogP contribution in [0, 0.1) is 5.92 Å². The highest BCUT2D eigenvalue weighted by atomic mass is 16.3. The summed E-state index contributed by atoms with van der Waals surface area (Å²) in [5, 5.41) is 32.2. The molecule has 1 saturated carbocycles. The van der Waals surface area contributed by atoms with Crippen LogP contribution in [0.1, 0.15) is 49.3 Å². The third-order valence-corrected chi connectivity index (χ3v) is 6.74. The summed E-state index contributed by atoms with van der Waals surface area (Å²) < 4.78 is 0. The first-order valence-electron chi connectivity index (χ1n) is 9.28. The van der Waals surface area contributed by atoms with Crippen molar-refractivity contribution in [1.29, 1.82) is 0 Å². The Kier molecular flexibility index (Phi) is 3.89. The lowest BCUT2D eigenvalue weighted by molar-refractivity contribution is -0.146. The Morgan fingerprint density at radius 3 is 2.56 bits per heavy atom. The van der Waals surface area contributed by atoms with Crippen LogP contribution in [0.3, 0.4) is 0 Å². The monoisotopic (exact) mass is 338 g/mol. The highest BCUT2D eigenvalue weighted by Crippen LogP contribution is 2.56. The number of hydrogen-bond donors (Lipinski definition) is 3. The summed E-state index contributed by atoms with van der Waals surface area (Å²) in [6.45, 7) is 2.18. The van der Waals surface area contributed by atoms with E-state index in [1.165, 1.54) is 11.1 Å². The third-order valence-electron chi connectivity index (χ3n) is 6.74. The minimum Gasteiger partial charge on any atom is -0.508 e. The van der Waals surface area contributed by atoms with Crippen molar-refractivity contribution in [3.63, 3.8) is 0 Å². The van der Waals surface area contributed by atoms with Crippen molar-refractivity contribution in [1.82, 2.24) is 0 Å². The van der Waals surface area contributed by atoms with E-state index in [9.17, 15) is 15.3 Å². The summed E-state index contributed by atoms with van der Waals surface area (Å²) in [6.07, 6.45) is 3.15. The number of phenolic OH excluding ortho intramolecular Hbond substituents is 1. The van der Waals surface area contributed by atoms with Crippen molar-refractivity contribution >= 4 is 0 Å². The summed E-state index contributed by atoms with van der Waals surface area (Å²) in [6, 6.07) is 15.2. The standard InChI is InChI=1S/C22H26O3/c1-2-21-14-20(24)22(25,16-6-4-3-5-7-16)13-17(21)9-8-15-12-18(23)10-11-19(15)21/h3-7,10-12,17,20,23-25H,2,8-9,13-14H2,1H3/t17-,20?,21?,22?/m1/s1. The summed E-state index contributed by atoms with van der Waals surface area (Å²) >= 11 is 0. The molecule has 0 bridgehead atoms. The Labute approximate surface area is 149 Å². The molecule has 3 unspecified atom stereocenters. The molecule has 2 aromatic rings. The van der Waals surface area contributed by atoms with Gasteiger partial charge in [0.15, 0.2) is 0 Å². The van der Waals surface area contributed by atoms with Gasteiger partial charge in [-0.15, -0.1) is 0 Å². The van der Waals surface area contributed by atoms with Crippen LogP contribution in [0.5, 0.6) is 5.75 Å². The van der Waals surface area contributed by atoms with Gasteiger partial charge in [-0.05, 0) is 66.8 Å². The molecule has 25 heavy (non-hydrogen) atoms. The van der Waals surface area contributed by atoms with Crippen LogP contribution >= 0.6 is 0 Å². The number of benzene rings is 2. The van der Waals surface area contributed by atoms with Crippen molar-refractivity contribution < 1.29 is 15.3 Å². The van der Waals surface area contributed by atoms with E-state index in [2.05, 4.69) is 6.92 Å². The summed E-state index contributed by atoms with van der Waals surface area (Å²) in [5.41, 5.74) is 1.94. The van der Waals surface area contributed by atoms with Crippen LogP contribution in [0.15, 0.2) is 48.5 Å². The quantitative estimate of drug-likeness (QED) is 0.783. The lowest BCUT2D eigenvalue weighted by Crippen LogP contribution is -2.56. The molecule has 0 spiro atoms. The number of aliphatic hydroxyl groups is 2.